The Kier molecular flexibility index (Phi) is 3.43. The highest BCUT2D eigenvalue weighted by Crippen LogP contribution is 2.25. The molecule has 0 saturated carbocycles. The van der Waals surface area contributed by atoms with Crippen molar-refractivity contribution >= 4 is 23.0 Å². The molecule has 3 N–H and O–H groups in total. The molecule has 2 rings (SSSR count). The molecule has 0 atom stereocenters. The van der Waals surface area contributed by atoms with Crippen molar-refractivity contribution in [2.75, 3.05) is 17.6 Å². The molecule has 0 bridgehead atoms. The fraction of sp³-hybridized carbons (Fsp3) is 0.200. The third kappa shape index (κ3) is 2.85. The van der Waals surface area contributed by atoms with E-state index in [1.165, 1.54) is 12.1 Å². The van der Waals surface area contributed by atoms with E-state index in [1.54, 1.807) is 17.1 Å². The first-order valence-electron chi connectivity index (χ1n) is 4.99. The van der Waals surface area contributed by atoms with E-state index in [1.807, 2.05) is 0 Å². The summed E-state index contributed by atoms with van der Waals surface area (Å²) in [6.07, 6.45) is 3.34. The number of hydrogen-bond donors (Lipinski definition) is 2. The zero-order valence-electron chi connectivity index (χ0n) is 8.90. The molecule has 0 unspecified atom stereocenters. The Labute approximate surface area is 102 Å². The number of rotatable bonds is 4. The van der Waals surface area contributed by atoms with Gasteiger partial charge in [-0.25, -0.2) is 4.39 Å². The summed E-state index contributed by atoms with van der Waals surface area (Å²) < 4.78 is 14.9. The highest BCUT2D eigenvalue weighted by atomic mass is 35.5. The maximum absolute atomic E-state index is 13.2. The molecule has 90 valence electrons. The Morgan fingerprint density at radius 3 is 3.00 bits per heavy atom. The standard InChI is InChI=1S/C10H11ClFN5/c11-7-5-9(13)10(6-8(7)12)14-1-3-17-4-2-15-16-17/h2,4-6,14H,1,3,13H2. The highest BCUT2D eigenvalue weighted by Gasteiger charge is 2.05. The van der Waals surface area contributed by atoms with Crippen molar-refractivity contribution in [3.05, 3.63) is 35.4 Å². The number of hydrogen-bond acceptors (Lipinski definition) is 4. The molecule has 1 aromatic heterocycles. The van der Waals surface area contributed by atoms with Gasteiger partial charge >= 0.3 is 0 Å². The smallest absolute Gasteiger partial charge is 0.143 e. The minimum absolute atomic E-state index is 0.0179. The molecule has 17 heavy (non-hydrogen) atoms. The second kappa shape index (κ2) is 5.01. The molecule has 0 aliphatic rings. The van der Waals surface area contributed by atoms with E-state index in [-0.39, 0.29) is 5.02 Å². The van der Waals surface area contributed by atoms with Gasteiger partial charge in [0.2, 0.25) is 0 Å². The topological polar surface area (TPSA) is 68.8 Å². The quantitative estimate of drug-likeness (QED) is 0.817. The molecule has 0 saturated heterocycles. The van der Waals surface area contributed by atoms with Gasteiger partial charge in [0.25, 0.3) is 0 Å². The van der Waals surface area contributed by atoms with Crippen LogP contribution in [-0.2, 0) is 6.54 Å². The van der Waals surface area contributed by atoms with Crippen LogP contribution in [0.3, 0.4) is 0 Å². The van der Waals surface area contributed by atoms with E-state index in [9.17, 15) is 4.39 Å². The van der Waals surface area contributed by atoms with Crippen LogP contribution in [0, 0.1) is 5.82 Å². The SMILES string of the molecule is Nc1cc(Cl)c(F)cc1NCCn1ccnn1. The number of aromatic nitrogens is 3. The second-order valence-corrected chi connectivity index (χ2v) is 3.85. The number of benzene rings is 1. The predicted molar refractivity (Wildman–Crippen MR) is 64.3 cm³/mol. The lowest BCUT2D eigenvalue weighted by Crippen LogP contribution is -2.12. The minimum atomic E-state index is -0.496. The lowest BCUT2D eigenvalue weighted by molar-refractivity contribution is 0.607. The number of nitrogens with one attached hydrogen (secondary N) is 1. The summed E-state index contributed by atoms with van der Waals surface area (Å²) >= 11 is 5.60. The van der Waals surface area contributed by atoms with Crippen LogP contribution in [0.15, 0.2) is 24.5 Å². The van der Waals surface area contributed by atoms with Crippen molar-refractivity contribution < 1.29 is 4.39 Å². The number of nitrogens with two attached hydrogens (primary N) is 1. The first-order valence-corrected chi connectivity index (χ1v) is 5.37. The van der Waals surface area contributed by atoms with Gasteiger partial charge in [-0.15, -0.1) is 5.10 Å². The number of nitrogens with zero attached hydrogens (tertiary/aromatic N) is 3. The molecule has 0 aliphatic heterocycles. The van der Waals surface area contributed by atoms with Crippen LogP contribution in [0.5, 0.6) is 0 Å². The van der Waals surface area contributed by atoms with Crippen LogP contribution >= 0.6 is 11.6 Å². The third-order valence-corrected chi connectivity index (χ3v) is 2.51. The molecular weight excluding hydrogens is 245 g/mol. The predicted octanol–water partition coefficient (Wildman–Crippen LogP) is 1.76. The molecule has 0 spiro atoms. The van der Waals surface area contributed by atoms with E-state index in [4.69, 9.17) is 17.3 Å². The van der Waals surface area contributed by atoms with Crippen molar-refractivity contribution in [1.82, 2.24) is 15.0 Å². The molecule has 5 nitrogen and oxygen atoms in total. The van der Waals surface area contributed by atoms with Crippen molar-refractivity contribution in [2.45, 2.75) is 6.54 Å². The van der Waals surface area contributed by atoms with Gasteiger partial charge in [-0.1, -0.05) is 16.8 Å². The summed E-state index contributed by atoms with van der Waals surface area (Å²) in [6.45, 7) is 1.18. The Balaban J connectivity index is 1.97. The van der Waals surface area contributed by atoms with E-state index in [0.29, 0.717) is 24.5 Å². The van der Waals surface area contributed by atoms with Gasteiger partial charge in [-0.05, 0) is 6.07 Å². The molecule has 7 heteroatoms. The van der Waals surface area contributed by atoms with Crippen LogP contribution in [-0.4, -0.2) is 21.5 Å². The summed E-state index contributed by atoms with van der Waals surface area (Å²) in [6, 6.07) is 2.66. The minimum Gasteiger partial charge on any atom is -0.397 e. The lowest BCUT2D eigenvalue weighted by atomic mass is 10.2. The average molecular weight is 256 g/mol. The summed E-state index contributed by atoms with van der Waals surface area (Å²) in [7, 11) is 0. The Bertz CT molecular complexity index is 500. The largest absolute Gasteiger partial charge is 0.397 e. The van der Waals surface area contributed by atoms with Gasteiger partial charge in [0.15, 0.2) is 0 Å². The Hall–Kier alpha value is -1.82. The molecule has 0 radical (unpaired) electrons. The van der Waals surface area contributed by atoms with Gasteiger partial charge < -0.3 is 11.1 Å². The summed E-state index contributed by atoms with van der Waals surface area (Å²) in [4.78, 5) is 0. The molecule has 2 aromatic rings. The van der Waals surface area contributed by atoms with Crippen molar-refractivity contribution in [3.8, 4) is 0 Å². The maximum Gasteiger partial charge on any atom is 0.143 e. The highest BCUT2D eigenvalue weighted by molar-refractivity contribution is 6.31. The van der Waals surface area contributed by atoms with Gasteiger partial charge in [-0.2, -0.15) is 0 Å². The van der Waals surface area contributed by atoms with Crippen molar-refractivity contribution in [1.29, 1.82) is 0 Å². The van der Waals surface area contributed by atoms with Gasteiger partial charge in [0, 0.05) is 18.8 Å². The number of anilines is 2. The summed E-state index contributed by atoms with van der Waals surface area (Å²) in [5, 5.41) is 10.5. The fourth-order valence-corrected chi connectivity index (χ4v) is 1.54. The summed E-state index contributed by atoms with van der Waals surface area (Å²) in [5.74, 6) is -0.496. The van der Waals surface area contributed by atoms with Crippen LogP contribution < -0.4 is 11.1 Å². The molecule has 0 fully saturated rings. The van der Waals surface area contributed by atoms with E-state index >= 15 is 0 Å². The second-order valence-electron chi connectivity index (χ2n) is 3.45. The van der Waals surface area contributed by atoms with Crippen LogP contribution in [0.4, 0.5) is 15.8 Å². The van der Waals surface area contributed by atoms with Crippen molar-refractivity contribution in [3.63, 3.8) is 0 Å². The zero-order chi connectivity index (χ0) is 12.3. The molecule has 0 amide bonds. The van der Waals surface area contributed by atoms with Gasteiger partial charge in [-0.3, -0.25) is 4.68 Å². The van der Waals surface area contributed by atoms with Crippen molar-refractivity contribution in [2.24, 2.45) is 0 Å². The van der Waals surface area contributed by atoms with Crippen LogP contribution in [0.1, 0.15) is 0 Å². The monoisotopic (exact) mass is 255 g/mol. The fourth-order valence-electron chi connectivity index (χ4n) is 1.37. The first-order chi connectivity index (χ1) is 8.16. The average Bonchev–Trinajstić information content (AvgIpc) is 2.78. The normalized spacial score (nSPS) is 10.5. The van der Waals surface area contributed by atoms with Gasteiger partial charge in [0.05, 0.1) is 29.1 Å². The first kappa shape index (κ1) is 11.7. The molecule has 0 aliphatic carbocycles. The Morgan fingerprint density at radius 1 is 1.47 bits per heavy atom. The van der Waals surface area contributed by atoms with E-state index < -0.39 is 5.82 Å². The summed E-state index contributed by atoms with van der Waals surface area (Å²) in [5.41, 5.74) is 6.63. The molecule has 1 aromatic carbocycles. The van der Waals surface area contributed by atoms with Gasteiger partial charge in [0.1, 0.15) is 5.82 Å². The van der Waals surface area contributed by atoms with Crippen LogP contribution in [0.25, 0.3) is 0 Å². The Morgan fingerprint density at radius 2 is 2.29 bits per heavy atom. The van der Waals surface area contributed by atoms with E-state index in [0.717, 1.165) is 0 Å². The number of nitrogen functional groups attached to an aromatic ring is 1. The van der Waals surface area contributed by atoms with Crippen LogP contribution in [0.2, 0.25) is 5.02 Å². The molecule has 1 heterocycles. The third-order valence-electron chi connectivity index (χ3n) is 2.22. The zero-order valence-corrected chi connectivity index (χ0v) is 9.65. The molecular formula is C10H11ClFN5. The van der Waals surface area contributed by atoms with E-state index in [2.05, 4.69) is 15.6 Å². The number of halogens is 2. The lowest BCUT2D eigenvalue weighted by Gasteiger charge is -2.09. The maximum atomic E-state index is 13.2.